The number of amides is 4. The molecule has 2 fully saturated rings. The Morgan fingerprint density at radius 1 is 1.02 bits per heavy atom. The maximum Gasteiger partial charge on any atom is 0.249 e. The molecule has 4 atom stereocenters. The molecule has 2 N–H and O–H groups in total. The van der Waals surface area contributed by atoms with Crippen molar-refractivity contribution in [2.75, 3.05) is 20.1 Å². The van der Waals surface area contributed by atoms with Gasteiger partial charge in [-0.2, -0.15) is 0 Å². The second kappa shape index (κ2) is 15.5. The lowest BCUT2D eigenvalue weighted by Crippen LogP contribution is -2.60. The molecule has 0 saturated carbocycles. The number of thiophene rings is 1. The van der Waals surface area contributed by atoms with E-state index in [1.54, 1.807) is 35.1 Å². The molecule has 3 heterocycles. The van der Waals surface area contributed by atoms with Crippen molar-refractivity contribution in [3.8, 4) is 0 Å². The van der Waals surface area contributed by atoms with E-state index in [1.807, 2.05) is 58.2 Å². The van der Waals surface area contributed by atoms with E-state index < -0.39 is 17.5 Å². The highest BCUT2D eigenvalue weighted by Gasteiger charge is 2.40. The highest BCUT2D eigenvalue weighted by molar-refractivity contribution is 7.09. The molecule has 0 bridgehead atoms. The molecular weight excluding hydrogens is 574 g/mol. The van der Waals surface area contributed by atoms with Crippen molar-refractivity contribution in [3.63, 3.8) is 0 Å². The lowest BCUT2D eigenvalue weighted by molar-refractivity contribution is -0.142. The van der Waals surface area contributed by atoms with Crippen LogP contribution in [0.2, 0.25) is 0 Å². The van der Waals surface area contributed by atoms with Crippen LogP contribution in [0.1, 0.15) is 92.4 Å². The molecule has 4 amide bonds. The van der Waals surface area contributed by atoms with Gasteiger partial charge in [0.25, 0.3) is 0 Å². The number of carbonyl (C=O) groups excluding carboxylic acids is 4. The molecule has 246 valence electrons. The first-order valence-corrected chi connectivity index (χ1v) is 17.1. The van der Waals surface area contributed by atoms with E-state index in [9.17, 15) is 19.2 Å². The fraction of sp³-hybridized carbons (Fsp3) is 0.706. The minimum Gasteiger partial charge on any atom is -0.349 e. The summed E-state index contributed by atoms with van der Waals surface area (Å²) in [5.41, 5.74) is -0.0133. The summed E-state index contributed by atoms with van der Waals surface area (Å²) in [6.07, 6.45) is 6.11. The van der Waals surface area contributed by atoms with Gasteiger partial charge in [-0.25, -0.2) is 0 Å². The molecule has 3 rings (SSSR count). The zero-order chi connectivity index (χ0) is 32.8. The zero-order valence-electron chi connectivity index (χ0n) is 28.3. The zero-order valence-corrected chi connectivity index (χ0v) is 29.1. The Morgan fingerprint density at radius 2 is 1.70 bits per heavy atom. The van der Waals surface area contributed by atoms with Crippen LogP contribution in [-0.4, -0.2) is 88.7 Å². The molecule has 1 aromatic rings. The fourth-order valence-corrected chi connectivity index (χ4v) is 7.03. The standard InChI is InChI=1S/C34H55N5O4S/c1-22(2)28(20-24(5)32(42)39-18-12-16-26(39)30(40)35-21-25-14-13-19-44-25)37(9)33(43)29(34(6,7)8)36-31(41)27-15-10-11-17-38(27)23(3)4/h13-14,19-20,22-23,26-29H,10-12,15-18,21H2,1-9H3,(H,35,40)(H,36,41)/b24-20+/t26-,27?,28+,29+/m0/s1. The van der Waals surface area contributed by atoms with Gasteiger partial charge < -0.3 is 20.4 Å². The summed E-state index contributed by atoms with van der Waals surface area (Å²) in [4.78, 5) is 61.0. The number of hydrogen-bond donors (Lipinski definition) is 2. The Kier molecular flexibility index (Phi) is 12.6. The average molecular weight is 630 g/mol. The third kappa shape index (κ3) is 8.93. The lowest BCUT2D eigenvalue weighted by Gasteiger charge is -2.41. The molecule has 1 unspecified atom stereocenters. The smallest absolute Gasteiger partial charge is 0.249 e. The van der Waals surface area contributed by atoms with Crippen molar-refractivity contribution < 1.29 is 19.2 Å². The van der Waals surface area contributed by atoms with E-state index in [0.717, 1.165) is 37.1 Å². The minimum absolute atomic E-state index is 0.0151. The van der Waals surface area contributed by atoms with Crippen molar-refractivity contribution in [2.45, 2.75) is 124 Å². The van der Waals surface area contributed by atoms with Gasteiger partial charge in [0, 0.05) is 30.1 Å². The third-order valence-corrected chi connectivity index (χ3v) is 9.86. The summed E-state index contributed by atoms with van der Waals surface area (Å²) < 4.78 is 0. The average Bonchev–Trinajstić information content (AvgIpc) is 3.68. The predicted molar refractivity (Wildman–Crippen MR) is 177 cm³/mol. The highest BCUT2D eigenvalue weighted by Crippen LogP contribution is 2.27. The topological polar surface area (TPSA) is 102 Å². The molecule has 2 aliphatic rings. The molecule has 10 heteroatoms. The maximum absolute atomic E-state index is 14.1. The van der Waals surface area contributed by atoms with Crippen LogP contribution in [0.5, 0.6) is 0 Å². The molecule has 9 nitrogen and oxygen atoms in total. The van der Waals surface area contributed by atoms with Gasteiger partial charge >= 0.3 is 0 Å². The lowest BCUT2D eigenvalue weighted by atomic mass is 9.84. The van der Waals surface area contributed by atoms with E-state index in [1.165, 1.54) is 0 Å². The molecular formula is C34H55N5O4S. The first-order chi connectivity index (χ1) is 20.6. The minimum atomic E-state index is -0.725. The Bertz CT molecular complexity index is 1170. The Morgan fingerprint density at radius 3 is 2.30 bits per heavy atom. The molecule has 0 aromatic carbocycles. The molecule has 0 radical (unpaired) electrons. The number of likely N-dealkylation sites (tertiary alicyclic amines) is 2. The molecule has 2 saturated heterocycles. The van der Waals surface area contributed by atoms with E-state index in [0.29, 0.717) is 25.1 Å². The van der Waals surface area contributed by atoms with Crippen molar-refractivity contribution in [1.82, 2.24) is 25.3 Å². The summed E-state index contributed by atoms with van der Waals surface area (Å²) in [6.45, 7) is 17.8. The van der Waals surface area contributed by atoms with Gasteiger partial charge in [-0.15, -0.1) is 11.3 Å². The Balaban J connectivity index is 1.75. The number of piperidine rings is 1. The van der Waals surface area contributed by atoms with Gasteiger partial charge in [0.05, 0.1) is 18.6 Å². The normalized spacial score (nSPS) is 21.3. The summed E-state index contributed by atoms with van der Waals surface area (Å²) in [7, 11) is 1.75. The van der Waals surface area contributed by atoms with Crippen LogP contribution in [0.25, 0.3) is 0 Å². The van der Waals surface area contributed by atoms with Crippen molar-refractivity contribution >= 4 is 35.0 Å². The van der Waals surface area contributed by atoms with E-state index >= 15 is 0 Å². The monoisotopic (exact) mass is 629 g/mol. The van der Waals surface area contributed by atoms with E-state index in [2.05, 4.69) is 29.4 Å². The van der Waals surface area contributed by atoms with Gasteiger partial charge in [-0.05, 0) is 75.8 Å². The number of nitrogens with one attached hydrogen (secondary N) is 2. The van der Waals surface area contributed by atoms with Gasteiger partial charge in [0.15, 0.2) is 0 Å². The number of rotatable bonds is 11. The number of nitrogens with zero attached hydrogens (tertiary/aromatic N) is 3. The number of likely N-dealkylation sites (N-methyl/N-ethyl adjacent to an activating group) is 1. The summed E-state index contributed by atoms with van der Waals surface area (Å²) >= 11 is 1.59. The number of carbonyl (C=O) groups is 4. The van der Waals surface area contributed by atoms with Crippen LogP contribution in [-0.2, 0) is 25.7 Å². The molecule has 44 heavy (non-hydrogen) atoms. The molecule has 0 aliphatic carbocycles. The largest absolute Gasteiger partial charge is 0.349 e. The van der Waals surface area contributed by atoms with Crippen LogP contribution in [0.4, 0.5) is 0 Å². The Labute approximate surface area is 268 Å². The van der Waals surface area contributed by atoms with Crippen LogP contribution in [0, 0.1) is 11.3 Å². The van der Waals surface area contributed by atoms with Crippen molar-refractivity contribution in [1.29, 1.82) is 0 Å². The van der Waals surface area contributed by atoms with Crippen LogP contribution in [0.3, 0.4) is 0 Å². The molecule has 2 aliphatic heterocycles. The second-order valence-electron chi connectivity index (χ2n) is 14.1. The summed E-state index contributed by atoms with van der Waals surface area (Å²) in [5.74, 6) is -0.582. The molecule has 0 spiro atoms. The summed E-state index contributed by atoms with van der Waals surface area (Å²) in [5, 5.41) is 8.10. The van der Waals surface area contributed by atoms with Crippen molar-refractivity contribution in [3.05, 3.63) is 34.0 Å². The second-order valence-corrected chi connectivity index (χ2v) is 15.2. The van der Waals surface area contributed by atoms with Gasteiger partial charge in [0.1, 0.15) is 12.1 Å². The van der Waals surface area contributed by atoms with Crippen LogP contribution >= 0.6 is 11.3 Å². The highest BCUT2D eigenvalue weighted by atomic mass is 32.1. The SMILES string of the molecule is C/C(=C\[C@H](C(C)C)N(C)C(=O)[C@@H](NC(=O)C1CCCCN1C(C)C)C(C)(C)C)C(=O)N1CCC[C@H]1C(=O)NCc1cccs1. The van der Waals surface area contributed by atoms with Gasteiger partial charge in [-0.3, -0.25) is 24.1 Å². The first kappa shape index (κ1) is 35.8. The van der Waals surface area contributed by atoms with Crippen molar-refractivity contribution in [2.24, 2.45) is 11.3 Å². The fourth-order valence-electron chi connectivity index (χ4n) is 6.38. The maximum atomic E-state index is 14.1. The van der Waals surface area contributed by atoms with Crippen LogP contribution in [0.15, 0.2) is 29.2 Å². The van der Waals surface area contributed by atoms with Crippen LogP contribution < -0.4 is 10.6 Å². The van der Waals surface area contributed by atoms with Gasteiger partial charge in [0.2, 0.25) is 23.6 Å². The quantitative estimate of drug-likeness (QED) is 0.349. The van der Waals surface area contributed by atoms with E-state index in [-0.39, 0.29) is 47.7 Å². The predicted octanol–water partition coefficient (Wildman–Crippen LogP) is 4.58. The van der Waals surface area contributed by atoms with Gasteiger partial charge in [-0.1, -0.05) is 53.2 Å². The summed E-state index contributed by atoms with van der Waals surface area (Å²) in [6, 6.07) is 2.33. The van der Waals surface area contributed by atoms with E-state index in [4.69, 9.17) is 0 Å². The molecule has 1 aromatic heterocycles. The first-order valence-electron chi connectivity index (χ1n) is 16.3. The Hall–Kier alpha value is -2.72. The third-order valence-electron chi connectivity index (χ3n) is 8.98. The number of hydrogen-bond acceptors (Lipinski definition) is 6.